The second kappa shape index (κ2) is 11.3. The molecule has 0 atom stereocenters. The second-order valence-electron chi connectivity index (χ2n) is 9.22. The number of nitrogens with zero attached hydrogens (tertiary/aromatic N) is 3. The van der Waals surface area contributed by atoms with Crippen molar-refractivity contribution in [2.75, 3.05) is 4.90 Å². The first-order chi connectivity index (χ1) is 18.8. The number of nitro benzene ring substituents is 1. The maximum absolute atomic E-state index is 13.6. The van der Waals surface area contributed by atoms with Crippen LogP contribution in [0, 0.1) is 30.9 Å². The van der Waals surface area contributed by atoms with Crippen LogP contribution < -0.4 is 4.90 Å². The summed E-state index contributed by atoms with van der Waals surface area (Å²) in [5.41, 5.74) is 5.35. The van der Waals surface area contributed by atoms with E-state index in [0.29, 0.717) is 26.2 Å². The minimum atomic E-state index is -0.384. The Balaban J connectivity index is 1.50. The summed E-state index contributed by atoms with van der Waals surface area (Å²) in [6.07, 6.45) is 1.69. The fraction of sp³-hybridized carbons (Fsp3) is 0.0968. The number of rotatable bonds is 6. The molecular weight excluding hydrogens is 526 g/mol. The van der Waals surface area contributed by atoms with Crippen molar-refractivity contribution in [1.82, 2.24) is 0 Å². The number of hydrogen-bond acceptors (Lipinski definition) is 6. The first kappa shape index (κ1) is 26.5. The van der Waals surface area contributed by atoms with Crippen LogP contribution in [-0.4, -0.2) is 16.0 Å². The summed E-state index contributed by atoms with van der Waals surface area (Å²) in [6.45, 7) is 6.00. The van der Waals surface area contributed by atoms with Crippen molar-refractivity contribution in [2.45, 2.75) is 30.6 Å². The summed E-state index contributed by atoms with van der Waals surface area (Å²) in [4.78, 5) is 33.4. The minimum absolute atomic E-state index is 0.00527. The van der Waals surface area contributed by atoms with Crippen LogP contribution in [0.4, 0.5) is 17.1 Å². The number of amidine groups is 1. The first-order valence-electron chi connectivity index (χ1n) is 12.3. The highest BCUT2D eigenvalue weighted by molar-refractivity contribution is 8.19. The number of carbonyl (C=O) groups excluding carboxylic acids is 1. The van der Waals surface area contributed by atoms with Crippen molar-refractivity contribution in [3.63, 3.8) is 0 Å². The molecule has 5 rings (SSSR count). The molecule has 1 amide bonds. The van der Waals surface area contributed by atoms with Gasteiger partial charge in [0.25, 0.3) is 11.6 Å². The molecule has 0 N–H and O–H groups in total. The van der Waals surface area contributed by atoms with Crippen molar-refractivity contribution in [3.05, 3.63) is 128 Å². The molecule has 1 aliphatic rings. The number of amides is 1. The molecule has 1 fully saturated rings. The van der Waals surface area contributed by atoms with Gasteiger partial charge in [0.05, 0.1) is 26.1 Å². The zero-order valence-electron chi connectivity index (χ0n) is 21.6. The van der Waals surface area contributed by atoms with Crippen LogP contribution in [0.15, 0.2) is 111 Å². The number of anilines is 1. The monoisotopic (exact) mass is 551 g/mol. The van der Waals surface area contributed by atoms with Crippen LogP contribution in [0.3, 0.4) is 0 Å². The lowest BCUT2D eigenvalue weighted by Gasteiger charge is -2.16. The molecule has 39 heavy (non-hydrogen) atoms. The van der Waals surface area contributed by atoms with E-state index in [4.69, 9.17) is 4.99 Å². The molecule has 0 unspecified atom stereocenters. The average molecular weight is 552 g/mol. The third kappa shape index (κ3) is 6.13. The Morgan fingerprint density at radius 3 is 2.05 bits per heavy atom. The van der Waals surface area contributed by atoms with Gasteiger partial charge in [-0.2, -0.15) is 0 Å². The molecule has 8 heteroatoms. The van der Waals surface area contributed by atoms with Gasteiger partial charge in [-0.05, 0) is 86.6 Å². The van der Waals surface area contributed by atoms with Gasteiger partial charge in [-0.3, -0.25) is 19.8 Å². The molecule has 0 saturated carbocycles. The van der Waals surface area contributed by atoms with E-state index in [-0.39, 0.29) is 16.5 Å². The summed E-state index contributed by atoms with van der Waals surface area (Å²) in [7, 11) is 0. The van der Waals surface area contributed by atoms with E-state index in [1.807, 2.05) is 93.6 Å². The predicted octanol–water partition coefficient (Wildman–Crippen LogP) is 8.48. The third-order valence-corrected chi connectivity index (χ3v) is 8.13. The SMILES string of the molecule is Cc1ccc(N=C2SC(=Cc3ccc(Sc4ccc(C)cc4)c([N+](=O)[O-])c3)C(=O)N2c2ccc(C)cc2)cc1. The lowest BCUT2D eigenvalue weighted by molar-refractivity contribution is -0.387. The van der Waals surface area contributed by atoms with E-state index < -0.39 is 0 Å². The molecule has 0 bridgehead atoms. The molecule has 4 aromatic rings. The standard InChI is InChI=1S/C31H25N3O3S2/c1-20-4-11-24(12-5-20)32-31-33(25-13-6-21(2)7-14-25)30(35)29(39-31)19-23-10-17-28(27(18-23)34(36)37)38-26-15-8-22(3)9-16-26/h4-19H,1-3H3. The van der Waals surface area contributed by atoms with Gasteiger partial charge in [-0.25, -0.2) is 4.99 Å². The Hall–Kier alpha value is -4.14. The molecular formula is C31H25N3O3S2. The average Bonchev–Trinajstić information content (AvgIpc) is 3.22. The van der Waals surface area contributed by atoms with Crippen molar-refractivity contribution < 1.29 is 9.72 Å². The predicted molar refractivity (Wildman–Crippen MR) is 161 cm³/mol. The fourth-order valence-electron chi connectivity index (χ4n) is 3.94. The zero-order chi connectivity index (χ0) is 27.5. The van der Waals surface area contributed by atoms with E-state index in [2.05, 4.69) is 0 Å². The van der Waals surface area contributed by atoms with E-state index >= 15 is 0 Å². The third-order valence-electron chi connectivity index (χ3n) is 6.08. The van der Waals surface area contributed by atoms with Gasteiger partial charge in [0.2, 0.25) is 0 Å². The van der Waals surface area contributed by atoms with Crippen LogP contribution in [0.25, 0.3) is 6.08 Å². The number of aryl methyl sites for hydroxylation is 3. The smallest absolute Gasteiger partial charge is 0.268 e. The molecule has 1 saturated heterocycles. The minimum Gasteiger partial charge on any atom is -0.268 e. The number of hydrogen-bond donors (Lipinski definition) is 0. The Morgan fingerprint density at radius 2 is 1.44 bits per heavy atom. The van der Waals surface area contributed by atoms with Crippen LogP contribution in [0.1, 0.15) is 22.3 Å². The van der Waals surface area contributed by atoms with Gasteiger partial charge in [0.15, 0.2) is 5.17 Å². The molecule has 0 aliphatic carbocycles. The fourth-order valence-corrected chi connectivity index (χ4v) is 5.84. The normalized spacial score (nSPS) is 15.4. The maximum Gasteiger partial charge on any atom is 0.283 e. The highest BCUT2D eigenvalue weighted by Gasteiger charge is 2.35. The topological polar surface area (TPSA) is 75.8 Å². The second-order valence-corrected chi connectivity index (χ2v) is 11.3. The van der Waals surface area contributed by atoms with E-state index in [1.165, 1.54) is 29.6 Å². The van der Waals surface area contributed by atoms with Gasteiger partial charge in [-0.1, -0.05) is 70.9 Å². The molecule has 0 spiro atoms. The van der Waals surface area contributed by atoms with Crippen molar-refractivity contribution >= 4 is 57.7 Å². The molecule has 0 radical (unpaired) electrons. The first-order valence-corrected chi connectivity index (χ1v) is 13.9. The zero-order valence-corrected chi connectivity index (χ0v) is 23.3. The van der Waals surface area contributed by atoms with E-state index in [0.717, 1.165) is 27.3 Å². The number of nitro groups is 1. The largest absolute Gasteiger partial charge is 0.283 e. The highest BCUT2D eigenvalue weighted by atomic mass is 32.2. The quantitative estimate of drug-likeness (QED) is 0.136. The maximum atomic E-state index is 13.6. The summed E-state index contributed by atoms with van der Waals surface area (Å²) >= 11 is 2.60. The van der Waals surface area contributed by atoms with Crippen LogP contribution in [-0.2, 0) is 4.79 Å². The van der Waals surface area contributed by atoms with Gasteiger partial charge in [-0.15, -0.1) is 0 Å². The van der Waals surface area contributed by atoms with Gasteiger partial charge in [0, 0.05) is 11.0 Å². The lowest BCUT2D eigenvalue weighted by Crippen LogP contribution is -2.28. The summed E-state index contributed by atoms with van der Waals surface area (Å²) in [6, 6.07) is 28.4. The van der Waals surface area contributed by atoms with Crippen LogP contribution >= 0.6 is 23.5 Å². The molecule has 1 aliphatic heterocycles. The number of benzene rings is 4. The van der Waals surface area contributed by atoms with Crippen LogP contribution in [0.2, 0.25) is 0 Å². The summed E-state index contributed by atoms with van der Waals surface area (Å²) in [5.74, 6) is -0.226. The molecule has 4 aromatic carbocycles. The van der Waals surface area contributed by atoms with Crippen LogP contribution in [0.5, 0.6) is 0 Å². The summed E-state index contributed by atoms with van der Waals surface area (Å²) in [5, 5.41) is 12.5. The number of aliphatic imine (C=N–C) groups is 1. The molecule has 6 nitrogen and oxygen atoms in total. The lowest BCUT2D eigenvalue weighted by atomic mass is 10.1. The van der Waals surface area contributed by atoms with Gasteiger partial charge < -0.3 is 0 Å². The van der Waals surface area contributed by atoms with Gasteiger partial charge >= 0.3 is 0 Å². The Labute approximate surface area is 235 Å². The van der Waals surface area contributed by atoms with Crippen molar-refractivity contribution in [2.24, 2.45) is 4.99 Å². The van der Waals surface area contributed by atoms with E-state index in [9.17, 15) is 14.9 Å². The molecule has 0 aromatic heterocycles. The van der Waals surface area contributed by atoms with Crippen molar-refractivity contribution in [3.8, 4) is 0 Å². The molecule has 1 heterocycles. The van der Waals surface area contributed by atoms with E-state index in [1.54, 1.807) is 23.1 Å². The Bertz CT molecular complexity index is 1610. The highest BCUT2D eigenvalue weighted by Crippen LogP contribution is 2.39. The molecule has 194 valence electrons. The number of thioether (sulfide) groups is 1. The summed E-state index contributed by atoms with van der Waals surface area (Å²) < 4.78 is 0. The Morgan fingerprint density at radius 1 is 0.846 bits per heavy atom. The van der Waals surface area contributed by atoms with Gasteiger partial charge in [0.1, 0.15) is 0 Å². The Kier molecular flexibility index (Phi) is 7.67. The number of carbonyl (C=O) groups is 1. The van der Waals surface area contributed by atoms with Crippen molar-refractivity contribution in [1.29, 1.82) is 0 Å².